The number of benzene rings is 2. The summed E-state index contributed by atoms with van der Waals surface area (Å²) in [7, 11) is 1.51. The van der Waals surface area contributed by atoms with Crippen LogP contribution < -0.4 is 15.0 Å². The molecule has 29 heavy (non-hydrogen) atoms. The molecule has 0 radical (unpaired) electrons. The van der Waals surface area contributed by atoms with E-state index in [0.29, 0.717) is 11.4 Å². The molecule has 152 valence electrons. The Morgan fingerprint density at radius 2 is 1.76 bits per heavy atom. The first-order valence-corrected chi connectivity index (χ1v) is 8.95. The Hall–Kier alpha value is -3.42. The molecular formula is C21H20F2N2O4. The summed E-state index contributed by atoms with van der Waals surface area (Å²) in [6, 6.07) is 7.97. The van der Waals surface area contributed by atoms with E-state index in [1.165, 1.54) is 25.0 Å². The van der Waals surface area contributed by atoms with Crippen molar-refractivity contribution in [3.05, 3.63) is 70.9 Å². The average Bonchev–Trinajstić information content (AvgIpc) is 2.68. The Morgan fingerprint density at radius 1 is 1.14 bits per heavy atom. The highest BCUT2D eigenvalue weighted by atomic mass is 19.1. The summed E-state index contributed by atoms with van der Waals surface area (Å²) in [6.07, 6.45) is 0. The molecule has 2 aromatic carbocycles. The van der Waals surface area contributed by atoms with E-state index < -0.39 is 35.2 Å². The molecule has 1 aliphatic heterocycles. The Balaban J connectivity index is 2.16. The first-order chi connectivity index (χ1) is 13.9. The highest BCUT2D eigenvalue weighted by molar-refractivity contribution is 6.03. The van der Waals surface area contributed by atoms with Gasteiger partial charge in [-0.1, -0.05) is 6.07 Å². The van der Waals surface area contributed by atoms with Crippen LogP contribution in [-0.2, 0) is 9.53 Å². The van der Waals surface area contributed by atoms with E-state index in [2.05, 4.69) is 5.32 Å². The molecule has 0 aromatic heterocycles. The largest absolute Gasteiger partial charge is 0.497 e. The lowest BCUT2D eigenvalue weighted by Gasteiger charge is -2.35. The number of nitrogens with one attached hydrogen (secondary N) is 1. The van der Waals surface area contributed by atoms with Crippen LogP contribution in [0.3, 0.4) is 0 Å². The van der Waals surface area contributed by atoms with Gasteiger partial charge in [-0.05, 0) is 50.2 Å². The predicted molar refractivity (Wildman–Crippen MR) is 102 cm³/mol. The van der Waals surface area contributed by atoms with Gasteiger partial charge in [0.05, 0.1) is 36.6 Å². The standard InChI is InChI=1S/C21H20F2N2O4/c1-4-29-20(26)17-12(2)25(13-8-10-14(28-3)11-9-13)21(27)24-19(17)18-15(22)6-5-7-16(18)23/h5-11,19H,4H2,1-3H3,(H,24,27)/t19-/m1/s1. The number of nitrogens with zero attached hydrogens (tertiary/aromatic N) is 1. The van der Waals surface area contributed by atoms with Gasteiger partial charge in [0.1, 0.15) is 17.4 Å². The van der Waals surface area contributed by atoms with Crippen LogP contribution in [0.5, 0.6) is 5.75 Å². The maximum atomic E-state index is 14.4. The van der Waals surface area contributed by atoms with Crippen molar-refractivity contribution in [1.29, 1.82) is 0 Å². The van der Waals surface area contributed by atoms with E-state index in [-0.39, 0.29) is 17.9 Å². The van der Waals surface area contributed by atoms with Crippen LogP contribution in [0.4, 0.5) is 19.3 Å². The van der Waals surface area contributed by atoms with Crippen LogP contribution in [0, 0.1) is 11.6 Å². The molecule has 0 fully saturated rings. The number of carbonyl (C=O) groups is 2. The Labute approximate surface area is 166 Å². The zero-order valence-corrected chi connectivity index (χ0v) is 16.2. The third kappa shape index (κ3) is 3.78. The lowest BCUT2D eigenvalue weighted by atomic mass is 9.93. The number of carbonyl (C=O) groups excluding carboxylic acids is 2. The Morgan fingerprint density at radius 3 is 2.31 bits per heavy atom. The predicted octanol–water partition coefficient (Wildman–Crippen LogP) is 4.08. The number of hydrogen-bond acceptors (Lipinski definition) is 4. The number of methoxy groups -OCH3 is 1. The summed E-state index contributed by atoms with van der Waals surface area (Å²) in [4.78, 5) is 26.8. The fraction of sp³-hybridized carbons (Fsp3) is 0.238. The van der Waals surface area contributed by atoms with Crippen molar-refractivity contribution < 1.29 is 27.8 Å². The number of halogens is 2. The number of esters is 1. The molecule has 1 heterocycles. The van der Waals surface area contributed by atoms with Crippen LogP contribution >= 0.6 is 0 Å². The van der Waals surface area contributed by atoms with E-state index in [4.69, 9.17) is 9.47 Å². The fourth-order valence-corrected chi connectivity index (χ4v) is 3.26. The van der Waals surface area contributed by atoms with Gasteiger partial charge in [-0.25, -0.2) is 18.4 Å². The highest BCUT2D eigenvalue weighted by Gasteiger charge is 2.39. The van der Waals surface area contributed by atoms with Crippen LogP contribution in [-0.4, -0.2) is 25.7 Å². The second-order valence-electron chi connectivity index (χ2n) is 6.27. The second kappa shape index (κ2) is 8.30. The quantitative estimate of drug-likeness (QED) is 0.766. The van der Waals surface area contributed by atoms with Gasteiger partial charge < -0.3 is 14.8 Å². The van der Waals surface area contributed by atoms with Crippen molar-refractivity contribution >= 4 is 17.7 Å². The maximum absolute atomic E-state index is 14.4. The third-order valence-electron chi connectivity index (χ3n) is 4.60. The topological polar surface area (TPSA) is 67.9 Å². The minimum Gasteiger partial charge on any atom is -0.497 e. The van der Waals surface area contributed by atoms with Gasteiger partial charge in [0.2, 0.25) is 0 Å². The van der Waals surface area contributed by atoms with Gasteiger partial charge in [-0.2, -0.15) is 0 Å². The summed E-state index contributed by atoms with van der Waals surface area (Å²) >= 11 is 0. The maximum Gasteiger partial charge on any atom is 0.338 e. The SMILES string of the molecule is CCOC(=O)C1=C(C)N(c2ccc(OC)cc2)C(=O)N[C@H]1c1c(F)cccc1F. The number of anilines is 1. The summed E-state index contributed by atoms with van der Waals surface area (Å²) in [6.45, 7) is 3.22. The van der Waals surface area contributed by atoms with Crippen molar-refractivity contribution in [3.63, 3.8) is 0 Å². The molecule has 0 saturated heterocycles. The van der Waals surface area contributed by atoms with Crippen LogP contribution in [0.25, 0.3) is 0 Å². The summed E-state index contributed by atoms with van der Waals surface area (Å²) in [5.41, 5.74) is 0.198. The Kier molecular flexibility index (Phi) is 5.81. The minimum absolute atomic E-state index is 0.0498. The molecule has 6 nitrogen and oxygen atoms in total. The van der Waals surface area contributed by atoms with Crippen LogP contribution in [0.15, 0.2) is 53.7 Å². The lowest BCUT2D eigenvalue weighted by molar-refractivity contribution is -0.139. The van der Waals surface area contributed by atoms with Gasteiger partial charge in [-0.15, -0.1) is 0 Å². The molecule has 1 aliphatic rings. The molecule has 1 atom stereocenters. The molecule has 0 aliphatic carbocycles. The van der Waals surface area contributed by atoms with Crippen molar-refractivity contribution in [1.82, 2.24) is 5.32 Å². The monoisotopic (exact) mass is 402 g/mol. The molecule has 2 aromatic rings. The van der Waals surface area contributed by atoms with Crippen molar-refractivity contribution in [2.75, 3.05) is 18.6 Å². The van der Waals surface area contributed by atoms with Crippen LogP contribution in [0.1, 0.15) is 25.5 Å². The number of hydrogen-bond donors (Lipinski definition) is 1. The zero-order chi connectivity index (χ0) is 21.1. The molecule has 0 unspecified atom stereocenters. The molecule has 0 saturated carbocycles. The Bertz CT molecular complexity index is 953. The summed E-state index contributed by atoms with van der Waals surface area (Å²) < 4.78 is 39.1. The first-order valence-electron chi connectivity index (χ1n) is 8.95. The highest BCUT2D eigenvalue weighted by Crippen LogP contribution is 2.36. The normalized spacial score (nSPS) is 16.5. The zero-order valence-electron chi connectivity index (χ0n) is 16.2. The van der Waals surface area contributed by atoms with E-state index in [1.54, 1.807) is 31.2 Å². The van der Waals surface area contributed by atoms with E-state index in [1.807, 2.05) is 0 Å². The molecule has 0 bridgehead atoms. The summed E-state index contributed by atoms with van der Waals surface area (Å²) in [5, 5.41) is 2.53. The van der Waals surface area contributed by atoms with E-state index >= 15 is 0 Å². The third-order valence-corrected chi connectivity index (χ3v) is 4.60. The summed E-state index contributed by atoms with van der Waals surface area (Å²) in [5.74, 6) is -1.92. The molecule has 3 rings (SSSR count). The first kappa shape index (κ1) is 20.3. The fourth-order valence-electron chi connectivity index (χ4n) is 3.26. The molecule has 2 amide bonds. The van der Waals surface area contributed by atoms with E-state index in [9.17, 15) is 18.4 Å². The van der Waals surface area contributed by atoms with Gasteiger partial charge in [0, 0.05) is 5.70 Å². The van der Waals surface area contributed by atoms with Crippen molar-refractivity contribution in [2.45, 2.75) is 19.9 Å². The van der Waals surface area contributed by atoms with Gasteiger partial charge in [-0.3, -0.25) is 4.90 Å². The average molecular weight is 402 g/mol. The molecule has 0 spiro atoms. The molecule has 1 N–H and O–H groups in total. The van der Waals surface area contributed by atoms with Gasteiger partial charge in [0.25, 0.3) is 0 Å². The van der Waals surface area contributed by atoms with Crippen molar-refractivity contribution in [3.8, 4) is 5.75 Å². The number of ether oxygens (including phenoxy) is 2. The molecular weight excluding hydrogens is 382 g/mol. The van der Waals surface area contributed by atoms with Gasteiger partial charge in [0.15, 0.2) is 0 Å². The number of amides is 2. The number of urea groups is 1. The van der Waals surface area contributed by atoms with Gasteiger partial charge >= 0.3 is 12.0 Å². The number of allylic oxidation sites excluding steroid dienone is 1. The second-order valence-corrected chi connectivity index (χ2v) is 6.27. The lowest BCUT2D eigenvalue weighted by Crippen LogP contribution is -2.48. The smallest absolute Gasteiger partial charge is 0.338 e. The van der Waals surface area contributed by atoms with E-state index in [0.717, 1.165) is 12.1 Å². The van der Waals surface area contributed by atoms with Crippen LogP contribution in [0.2, 0.25) is 0 Å². The minimum atomic E-state index is -1.32. The van der Waals surface area contributed by atoms with Crippen molar-refractivity contribution in [2.24, 2.45) is 0 Å². The number of rotatable bonds is 5. The molecule has 8 heteroatoms.